The van der Waals surface area contributed by atoms with Crippen LogP contribution in [0.2, 0.25) is 0 Å². The standard InChI is InChI=1S/C15H17N.C2H7NO3S/c16-12-11-15(13-7-3-1-4-8-13)14-9-5-2-6-10-14;3-1-2-7(4,5)6/h1-10,15H,11-12,16H2;1-3H2,(H,4,5,6). The second kappa shape index (κ2) is 10.1. The fraction of sp³-hybridized carbons (Fsp3) is 0.294. The Hall–Kier alpha value is -1.73. The van der Waals surface area contributed by atoms with Crippen LogP contribution in [0.4, 0.5) is 0 Å². The Kier molecular flexibility index (Phi) is 8.50. The van der Waals surface area contributed by atoms with Gasteiger partial charge in [-0.2, -0.15) is 8.42 Å². The van der Waals surface area contributed by atoms with Crippen LogP contribution < -0.4 is 11.5 Å². The van der Waals surface area contributed by atoms with Crippen LogP contribution in [0, 0.1) is 0 Å². The average molecular weight is 336 g/mol. The molecule has 0 aliphatic carbocycles. The molecule has 0 saturated carbocycles. The van der Waals surface area contributed by atoms with Gasteiger partial charge in [0.1, 0.15) is 0 Å². The lowest BCUT2D eigenvalue weighted by atomic mass is 9.89. The number of nitrogens with two attached hydrogens (primary N) is 2. The van der Waals surface area contributed by atoms with Gasteiger partial charge < -0.3 is 11.5 Å². The molecular weight excluding hydrogens is 312 g/mol. The highest BCUT2D eigenvalue weighted by atomic mass is 32.2. The molecule has 0 fully saturated rings. The van der Waals surface area contributed by atoms with Gasteiger partial charge in [0.25, 0.3) is 10.1 Å². The maximum Gasteiger partial charge on any atom is 0.266 e. The van der Waals surface area contributed by atoms with Crippen LogP contribution >= 0.6 is 0 Å². The molecule has 0 unspecified atom stereocenters. The number of hydrogen-bond acceptors (Lipinski definition) is 4. The summed E-state index contributed by atoms with van der Waals surface area (Å²) in [4.78, 5) is 0. The Morgan fingerprint density at radius 3 is 1.52 bits per heavy atom. The van der Waals surface area contributed by atoms with Crippen molar-refractivity contribution in [1.29, 1.82) is 0 Å². The zero-order valence-corrected chi connectivity index (χ0v) is 13.8. The van der Waals surface area contributed by atoms with E-state index < -0.39 is 10.1 Å². The van der Waals surface area contributed by atoms with Gasteiger partial charge in [-0.3, -0.25) is 4.55 Å². The first kappa shape index (κ1) is 19.3. The van der Waals surface area contributed by atoms with Crippen molar-refractivity contribution in [3.8, 4) is 0 Å². The number of hydrogen-bond donors (Lipinski definition) is 3. The second-order valence-electron chi connectivity index (χ2n) is 5.03. The fourth-order valence-electron chi connectivity index (χ4n) is 2.21. The molecule has 0 bridgehead atoms. The van der Waals surface area contributed by atoms with Crippen molar-refractivity contribution in [2.24, 2.45) is 11.5 Å². The van der Waals surface area contributed by atoms with E-state index in [0.29, 0.717) is 12.5 Å². The Morgan fingerprint density at radius 2 is 1.26 bits per heavy atom. The summed E-state index contributed by atoms with van der Waals surface area (Å²) in [6, 6.07) is 21.1. The molecule has 5 N–H and O–H groups in total. The SMILES string of the molecule is NCCC(c1ccccc1)c1ccccc1.NCCS(=O)(=O)O. The molecule has 0 atom stereocenters. The van der Waals surface area contributed by atoms with Gasteiger partial charge in [-0.25, -0.2) is 0 Å². The number of benzene rings is 2. The van der Waals surface area contributed by atoms with Gasteiger partial charge in [0, 0.05) is 12.5 Å². The molecule has 23 heavy (non-hydrogen) atoms. The lowest BCUT2D eigenvalue weighted by molar-refractivity contribution is 0.483. The van der Waals surface area contributed by atoms with E-state index in [1.165, 1.54) is 11.1 Å². The van der Waals surface area contributed by atoms with Crippen LogP contribution in [0.15, 0.2) is 60.7 Å². The van der Waals surface area contributed by atoms with Crippen molar-refractivity contribution >= 4 is 10.1 Å². The molecule has 0 aliphatic heterocycles. The first-order chi connectivity index (χ1) is 11.0. The first-order valence-electron chi connectivity index (χ1n) is 7.43. The molecule has 0 aromatic heterocycles. The second-order valence-corrected chi connectivity index (χ2v) is 6.60. The van der Waals surface area contributed by atoms with E-state index in [1.54, 1.807) is 0 Å². The molecule has 0 spiro atoms. The highest BCUT2D eigenvalue weighted by molar-refractivity contribution is 7.85. The number of rotatable bonds is 6. The molecule has 0 aliphatic rings. The molecule has 2 rings (SSSR count). The topological polar surface area (TPSA) is 106 Å². The van der Waals surface area contributed by atoms with Crippen molar-refractivity contribution < 1.29 is 13.0 Å². The van der Waals surface area contributed by atoms with Gasteiger partial charge in [-0.1, -0.05) is 60.7 Å². The smallest absolute Gasteiger partial charge is 0.266 e. The predicted molar refractivity (Wildman–Crippen MR) is 93.9 cm³/mol. The summed E-state index contributed by atoms with van der Waals surface area (Å²) >= 11 is 0. The molecule has 0 saturated heterocycles. The van der Waals surface area contributed by atoms with E-state index in [1.807, 2.05) is 12.1 Å². The lowest BCUT2D eigenvalue weighted by Gasteiger charge is -2.16. The van der Waals surface area contributed by atoms with Crippen molar-refractivity contribution in [3.05, 3.63) is 71.8 Å². The predicted octanol–water partition coefficient (Wildman–Crippen LogP) is 2.00. The van der Waals surface area contributed by atoms with Gasteiger partial charge >= 0.3 is 0 Å². The van der Waals surface area contributed by atoms with Gasteiger partial charge in [-0.15, -0.1) is 0 Å². The van der Waals surface area contributed by atoms with Crippen molar-refractivity contribution in [1.82, 2.24) is 0 Å². The molecule has 2 aromatic carbocycles. The molecule has 0 amide bonds. The van der Waals surface area contributed by atoms with Crippen LogP contribution in [0.25, 0.3) is 0 Å². The van der Waals surface area contributed by atoms with Gasteiger partial charge in [0.05, 0.1) is 5.75 Å². The minimum atomic E-state index is -3.80. The summed E-state index contributed by atoms with van der Waals surface area (Å²) in [5.74, 6) is 0.0694. The van der Waals surface area contributed by atoms with E-state index in [0.717, 1.165) is 6.42 Å². The molecule has 5 nitrogen and oxygen atoms in total. The average Bonchev–Trinajstić information content (AvgIpc) is 2.54. The summed E-state index contributed by atoms with van der Waals surface area (Å²) in [5, 5.41) is 0. The zero-order chi connectivity index (χ0) is 17.1. The van der Waals surface area contributed by atoms with Gasteiger partial charge in [0.2, 0.25) is 0 Å². The van der Waals surface area contributed by atoms with E-state index in [2.05, 4.69) is 48.5 Å². The summed E-state index contributed by atoms with van der Waals surface area (Å²) in [7, 11) is -3.80. The minimum absolute atomic E-state index is 0.0289. The first-order valence-corrected chi connectivity index (χ1v) is 9.04. The van der Waals surface area contributed by atoms with Crippen LogP contribution in [-0.2, 0) is 10.1 Å². The Bertz CT molecular complexity index is 607. The third-order valence-electron chi connectivity index (χ3n) is 3.24. The summed E-state index contributed by atoms with van der Waals surface area (Å²) < 4.78 is 27.3. The van der Waals surface area contributed by atoms with Gasteiger partial charge in [0.15, 0.2) is 0 Å². The van der Waals surface area contributed by atoms with Crippen LogP contribution in [0.3, 0.4) is 0 Å². The highest BCUT2D eigenvalue weighted by Crippen LogP contribution is 2.26. The molecule has 126 valence electrons. The van der Waals surface area contributed by atoms with Crippen LogP contribution in [0.5, 0.6) is 0 Å². The quantitative estimate of drug-likeness (QED) is 0.700. The van der Waals surface area contributed by atoms with E-state index in [9.17, 15) is 8.42 Å². The summed E-state index contributed by atoms with van der Waals surface area (Å²) in [6.07, 6.45) is 0.994. The molecule has 2 aromatic rings. The monoisotopic (exact) mass is 336 g/mol. The van der Waals surface area contributed by atoms with Crippen LogP contribution in [-0.4, -0.2) is 31.8 Å². The Labute approximate surface area is 138 Å². The molecule has 0 heterocycles. The third-order valence-corrected chi connectivity index (χ3v) is 3.99. The largest absolute Gasteiger partial charge is 0.330 e. The Morgan fingerprint density at radius 1 is 0.826 bits per heavy atom. The maximum atomic E-state index is 9.71. The maximum absolute atomic E-state index is 9.71. The van der Waals surface area contributed by atoms with Crippen LogP contribution in [0.1, 0.15) is 23.5 Å². The normalized spacial score (nSPS) is 11.0. The summed E-state index contributed by atoms with van der Waals surface area (Å²) in [5.41, 5.74) is 13.2. The highest BCUT2D eigenvalue weighted by Gasteiger charge is 2.11. The molecular formula is C17H24N2O3S. The minimum Gasteiger partial charge on any atom is -0.330 e. The molecule has 6 heteroatoms. The van der Waals surface area contributed by atoms with Crippen molar-refractivity contribution in [2.75, 3.05) is 18.8 Å². The third kappa shape index (κ3) is 7.90. The van der Waals surface area contributed by atoms with Crippen molar-refractivity contribution in [3.63, 3.8) is 0 Å². The summed E-state index contributed by atoms with van der Waals surface area (Å²) in [6.45, 7) is 0.688. The lowest BCUT2D eigenvalue weighted by Crippen LogP contribution is -2.13. The Balaban J connectivity index is 0.000000322. The zero-order valence-electron chi connectivity index (χ0n) is 13.0. The van der Waals surface area contributed by atoms with E-state index in [-0.39, 0.29) is 12.3 Å². The fourth-order valence-corrected chi connectivity index (χ4v) is 2.51. The van der Waals surface area contributed by atoms with E-state index >= 15 is 0 Å². The van der Waals surface area contributed by atoms with E-state index in [4.69, 9.17) is 16.0 Å². The molecule has 0 radical (unpaired) electrons. The van der Waals surface area contributed by atoms with Gasteiger partial charge in [-0.05, 0) is 24.1 Å². The van der Waals surface area contributed by atoms with Crippen molar-refractivity contribution in [2.45, 2.75) is 12.3 Å².